The highest BCUT2D eigenvalue weighted by Crippen LogP contribution is 2.25. The third-order valence-corrected chi connectivity index (χ3v) is 5.92. The molecule has 7 heteroatoms. The Morgan fingerprint density at radius 1 is 1.11 bits per heavy atom. The number of ether oxygens (including phenoxy) is 1. The predicted molar refractivity (Wildman–Crippen MR) is 101 cm³/mol. The fraction of sp³-hybridized carbons (Fsp3) is 0.600. The van der Waals surface area contributed by atoms with Gasteiger partial charge in [0.15, 0.2) is 0 Å². The molecule has 0 spiro atoms. The van der Waals surface area contributed by atoms with Crippen molar-refractivity contribution in [3.63, 3.8) is 0 Å². The molecule has 5 nitrogen and oxygen atoms in total. The van der Waals surface area contributed by atoms with Crippen molar-refractivity contribution in [3.8, 4) is 0 Å². The molecule has 0 N–H and O–H groups in total. The average Bonchev–Trinajstić information content (AvgIpc) is 2.69. The van der Waals surface area contributed by atoms with E-state index in [2.05, 4.69) is 4.90 Å². The van der Waals surface area contributed by atoms with Gasteiger partial charge in [0.2, 0.25) is 5.91 Å². The first-order valence-electron chi connectivity index (χ1n) is 9.51. The zero-order chi connectivity index (χ0) is 19.4. The summed E-state index contributed by atoms with van der Waals surface area (Å²) in [5, 5.41) is 0.400. The number of benzene rings is 1. The van der Waals surface area contributed by atoms with E-state index < -0.39 is 0 Å². The van der Waals surface area contributed by atoms with Gasteiger partial charge in [-0.1, -0.05) is 17.7 Å². The molecule has 0 atom stereocenters. The standard InChI is InChI=1S/C20H26ClFN2O3/c1-27-20(26)15-6-10-24(11-7-15)19(25)14-4-8-23(9-5-14)13-16-2-3-17(21)12-18(16)22/h2-3,12,14-15H,4-11,13H2,1H3. The summed E-state index contributed by atoms with van der Waals surface area (Å²) in [4.78, 5) is 28.4. The summed E-state index contributed by atoms with van der Waals surface area (Å²) in [6, 6.07) is 4.76. The summed E-state index contributed by atoms with van der Waals surface area (Å²) in [7, 11) is 1.41. The van der Waals surface area contributed by atoms with Crippen molar-refractivity contribution >= 4 is 23.5 Å². The van der Waals surface area contributed by atoms with Crippen LogP contribution in [0.1, 0.15) is 31.2 Å². The van der Waals surface area contributed by atoms with Crippen LogP contribution in [0.2, 0.25) is 5.02 Å². The third kappa shape index (κ3) is 4.99. The van der Waals surface area contributed by atoms with Gasteiger partial charge in [0.25, 0.3) is 0 Å². The number of likely N-dealkylation sites (tertiary alicyclic amines) is 2. The van der Waals surface area contributed by atoms with E-state index in [0.717, 1.165) is 25.9 Å². The van der Waals surface area contributed by atoms with Gasteiger partial charge in [-0.05, 0) is 50.9 Å². The number of carbonyl (C=O) groups is 2. The van der Waals surface area contributed by atoms with Gasteiger partial charge in [-0.3, -0.25) is 14.5 Å². The Hall–Kier alpha value is -1.66. The van der Waals surface area contributed by atoms with Gasteiger partial charge < -0.3 is 9.64 Å². The van der Waals surface area contributed by atoms with Crippen molar-refractivity contribution in [2.24, 2.45) is 11.8 Å². The first-order chi connectivity index (χ1) is 13.0. The lowest BCUT2D eigenvalue weighted by Crippen LogP contribution is -2.46. The third-order valence-electron chi connectivity index (χ3n) is 5.69. The Labute approximate surface area is 164 Å². The molecule has 0 bridgehead atoms. The number of methoxy groups -OCH3 is 1. The molecule has 2 aliphatic rings. The van der Waals surface area contributed by atoms with Crippen LogP contribution in [0.15, 0.2) is 18.2 Å². The minimum absolute atomic E-state index is 0.0194. The topological polar surface area (TPSA) is 49.9 Å². The van der Waals surface area contributed by atoms with Crippen LogP contribution in [0.5, 0.6) is 0 Å². The molecule has 2 saturated heterocycles. The van der Waals surface area contributed by atoms with Gasteiger partial charge in [0.05, 0.1) is 13.0 Å². The number of halogens is 2. The first-order valence-corrected chi connectivity index (χ1v) is 9.88. The van der Waals surface area contributed by atoms with Crippen molar-refractivity contribution in [3.05, 3.63) is 34.6 Å². The SMILES string of the molecule is COC(=O)C1CCN(C(=O)C2CCN(Cc3ccc(Cl)cc3F)CC2)CC1. The fourth-order valence-corrected chi connectivity index (χ4v) is 4.15. The number of hydrogen-bond acceptors (Lipinski definition) is 4. The molecule has 0 radical (unpaired) electrons. The van der Waals surface area contributed by atoms with Gasteiger partial charge in [-0.15, -0.1) is 0 Å². The van der Waals surface area contributed by atoms with Crippen LogP contribution in [0.4, 0.5) is 4.39 Å². The van der Waals surface area contributed by atoms with Gasteiger partial charge in [0, 0.05) is 36.1 Å². The minimum Gasteiger partial charge on any atom is -0.469 e. The summed E-state index contributed by atoms with van der Waals surface area (Å²) >= 11 is 5.80. The van der Waals surface area contributed by atoms with Crippen LogP contribution in [-0.4, -0.2) is 55.0 Å². The van der Waals surface area contributed by atoms with Crippen molar-refractivity contribution in [2.75, 3.05) is 33.3 Å². The lowest BCUT2D eigenvalue weighted by molar-refractivity contribution is -0.150. The van der Waals surface area contributed by atoms with E-state index in [0.29, 0.717) is 43.1 Å². The second kappa shape index (κ2) is 9.02. The Balaban J connectivity index is 1.46. The summed E-state index contributed by atoms with van der Waals surface area (Å²) in [6.45, 7) is 3.33. The largest absolute Gasteiger partial charge is 0.469 e. The maximum Gasteiger partial charge on any atom is 0.308 e. The molecule has 1 aromatic rings. The molecular formula is C20H26ClFN2O3. The molecule has 0 unspecified atom stereocenters. The van der Waals surface area contributed by atoms with Gasteiger partial charge in [-0.2, -0.15) is 0 Å². The second-order valence-electron chi connectivity index (χ2n) is 7.41. The molecule has 2 heterocycles. The molecule has 0 aromatic heterocycles. The molecule has 0 aliphatic carbocycles. The fourth-order valence-electron chi connectivity index (χ4n) is 3.99. The molecule has 27 heavy (non-hydrogen) atoms. The Kier molecular flexibility index (Phi) is 6.71. The lowest BCUT2D eigenvalue weighted by Gasteiger charge is -2.36. The average molecular weight is 397 g/mol. The highest BCUT2D eigenvalue weighted by molar-refractivity contribution is 6.30. The predicted octanol–water partition coefficient (Wildman–Crippen LogP) is 3.10. The van der Waals surface area contributed by atoms with Gasteiger partial charge >= 0.3 is 5.97 Å². The van der Waals surface area contributed by atoms with Crippen molar-refractivity contribution < 1.29 is 18.7 Å². The molecule has 0 saturated carbocycles. The van der Waals surface area contributed by atoms with E-state index >= 15 is 0 Å². The highest BCUT2D eigenvalue weighted by Gasteiger charge is 2.32. The van der Waals surface area contributed by atoms with Crippen LogP contribution in [0.3, 0.4) is 0 Å². The molecule has 1 aromatic carbocycles. The maximum absolute atomic E-state index is 14.0. The number of piperidine rings is 2. The number of hydrogen-bond donors (Lipinski definition) is 0. The van der Waals surface area contributed by atoms with Crippen LogP contribution in [-0.2, 0) is 20.9 Å². The Morgan fingerprint density at radius 3 is 2.33 bits per heavy atom. The molecular weight excluding hydrogens is 371 g/mol. The molecule has 2 fully saturated rings. The molecule has 1 amide bonds. The monoisotopic (exact) mass is 396 g/mol. The summed E-state index contributed by atoms with van der Waals surface area (Å²) in [6.07, 6.45) is 2.91. The molecule has 3 rings (SSSR count). The van der Waals surface area contributed by atoms with E-state index in [1.54, 1.807) is 12.1 Å². The van der Waals surface area contributed by atoms with Crippen molar-refractivity contribution in [2.45, 2.75) is 32.2 Å². The zero-order valence-electron chi connectivity index (χ0n) is 15.6. The van der Waals surface area contributed by atoms with E-state index in [1.165, 1.54) is 13.2 Å². The number of rotatable bonds is 4. The molecule has 148 valence electrons. The van der Waals surface area contributed by atoms with Gasteiger partial charge in [0.1, 0.15) is 5.82 Å². The smallest absolute Gasteiger partial charge is 0.308 e. The second-order valence-corrected chi connectivity index (χ2v) is 7.85. The van der Waals surface area contributed by atoms with Crippen LogP contribution in [0, 0.1) is 17.7 Å². The van der Waals surface area contributed by atoms with Crippen LogP contribution < -0.4 is 0 Å². The normalized spacial score (nSPS) is 19.9. The number of esters is 1. The van der Waals surface area contributed by atoms with Crippen LogP contribution >= 0.6 is 11.6 Å². The number of carbonyl (C=O) groups excluding carboxylic acids is 2. The van der Waals surface area contributed by atoms with Crippen molar-refractivity contribution in [1.29, 1.82) is 0 Å². The number of nitrogens with zero attached hydrogens (tertiary/aromatic N) is 2. The first kappa shape index (κ1) is 20.1. The Bertz CT molecular complexity index is 684. The van der Waals surface area contributed by atoms with Crippen LogP contribution in [0.25, 0.3) is 0 Å². The zero-order valence-corrected chi connectivity index (χ0v) is 16.4. The highest BCUT2D eigenvalue weighted by atomic mass is 35.5. The minimum atomic E-state index is -0.283. The Morgan fingerprint density at radius 2 is 1.74 bits per heavy atom. The lowest BCUT2D eigenvalue weighted by atomic mass is 9.92. The summed E-state index contributed by atoms with van der Waals surface area (Å²) in [5.41, 5.74) is 0.633. The van der Waals surface area contributed by atoms with E-state index in [4.69, 9.17) is 16.3 Å². The summed E-state index contributed by atoms with van der Waals surface area (Å²) < 4.78 is 18.8. The van der Waals surface area contributed by atoms with Crippen molar-refractivity contribution in [1.82, 2.24) is 9.80 Å². The van der Waals surface area contributed by atoms with E-state index in [1.807, 2.05) is 4.90 Å². The number of amides is 1. The van der Waals surface area contributed by atoms with E-state index in [-0.39, 0.29) is 29.5 Å². The van der Waals surface area contributed by atoms with Gasteiger partial charge in [-0.25, -0.2) is 4.39 Å². The molecule has 2 aliphatic heterocycles. The maximum atomic E-state index is 14.0. The van der Waals surface area contributed by atoms with E-state index in [9.17, 15) is 14.0 Å². The quantitative estimate of drug-likeness (QED) is 0.734. The summed E-state index contributed by atoms with van der Waals surface area (Å²) in [5.74, 6) is -0.337.